The normalized spacial score (nSPS) is 24.8. The molecule has 0 bridgehead atoms. The number of likely N-dealkylation sites (tertiary alicyclic amines) is 1. The number of hydrogen-bond acceptors (Lipinski definition) is 3. The number of nitrogens with one attached hydrogen (secondary N) is 1. The number of primary amides is 1. The zero-order chi connectivity index (χ0) is 16.6. The lowest BCUT2D eigenvalue weighted by Crippen LogP contribution is -2.41. The number of carbonyl (C=O) groups is 2. The van der Waals surface area contributed by atoms with Crippen molar-refractivity contribution in [3.8, 4) is 0 Å². The highest BCUT2D eigenvalue weighted by Crippen LogP contribution is 2.40. The lowest BCUT2D eigenvalue weighted by molar-refractivity contribution is -0.137. The van der Waals surface area contributed by atoms with Gasteiger partial charge in [0.15, 0.2) is 0 Å². The van der Waals surface area contributed by atoms with Crippen LogP contribution in [-0.4, -0.2) is 45.7 Å². The van der Waals surface area contributed by atoms with Crippen LogP contribution in [0.3, 0.4) is 0 Å². The first-order valence-corrected chi connectivity index (χ1v) is 7.87. The largest absolute Gasteiger partial charge is 0.364 e. The third-order valence-corrected chi connectivity index (χ3v) is 4.81. The number of rotatable bonds is 3. The molecule has 1 aromatic heterocycles. The topological polar surface area (TPSA) is 92.1 Å². The van der Waals surface area contributed by atoms with Crippen LogP contribution in [-0.2, 0) is 4.79 Å². The van der Waals surface area contributed by atoms with E-state index in [2.05, 4.69) is 9.97 Å². The fraction of sp³-hybridized carbons (Fsp3) is 0.667. The van der Waals surface area contributed by atoms with E-state index in [0.29, 0.717) is 31.8 Å². The zero-order valence-corrected chi connectivity index (χ0v) is 12.7. The Kier molecular flexibility index (Phi) is 4.08. The summed E-state index contributed by atoms with van der Waals surface area (Å²) in [5.41, 5.74) is 5.46. The lowest BCUT2D eigenvalue weighted by atomic mass is 9.94. The Labute approximate surface area is 132 Å². The second kappa shape index (κ2) is 5.90. The average molecular weight is 326 g/mol. The quantitative estimate of drug-likeness (QED) is 0.884. The van der Waals surface area contributed by atoms with Crippen molar-refractivity contribution < 1.29 is 18.4 Å². The summed E-state index contributed by atoms with van der Waals surface area (Å²) < 4.78 is 26.5. The minimum atomic E-state index is -2.70. The third kappa shape index (κ3) is 3.35. The molecule has 2 amide bonds. The maximum Gasteiger partial charge on any atom is 0.266 e. The first-order chi connectivity index (χ1) is 10.9. The second-order valence-electron chi connectivity index (χ2n) is 6.44. The maximum atomic E-state index is 13.3. The van der Waals surface area contributed by atoms with Gasteiger partial charge in [-0.1, -0.05) is 0 Å². The molecule has 3 N–H and O–H groups in total. The van der Waals surface area contributed by atoms with Crippen LogP contribution in [0.2, 0.25) is 0 Å². The molecule has 23 heavy (non-hydrogen) atoms. The Hall–Kier alpha value is -1.99. The molecule has 8 heteroatoms. The molecular formula is C15H20F2N4O2. The van der Waals surface area contributed by atoms with Crippen LogP contribution in [0, 0.1) is 5.92 Å². The van der Waals surface area contributed by atoms with Gasteiger partial charge in [-0.15, -0.1) is 0 Å². The van der Waals surface area contributed by atoms with Gasteiger partial charge in [0.2, 0.25) is 11.8 Å². The number of imidazole rings is 1. The van der Waals surface area contributed by atoms with Crippen molar-refractivity contribution in [2.24, 2.45) is 11.7 Å². The molecule has 1 aromatic rings. The van der Waals surface area contributed by atoms with Crippen LogP contribution < -0.4 is 5.73 Å². The third-order valence-electron chi connectivity index (χ3n) is 4.81. The number of aromatic amines is 1. The lowest BCUT2D eigenvalue weighted by Gasteiger charge is -2.32. The highest BCUT2D eigenvalue weighted by molar-refractivity contribution is 5.90. The minimum Gasteiger partial charge on any atom is -0.364 e. The van der Waals surface area contributed by atoms with Crippen LogP contribution >= 0.6 is 0 Å². The van der Waals surface area contributed by atoms with Gasteiger partial charge in [0.1, 0.15) is 11.5 Å². The number of H-pyrrole nitrogens is 1. The summed E-state index contributed by atoms with van der Waals surface area (Å²) in [6, 6.07) is 0. The summed E-state index contributed by atoms with van der Waals surface area (Å²) in [4.78, 5) is 32.2. The number of nitrogens with zero attached hydrogens (tertiary/aromatic N) is 2. The van der Waals surface area contributed by atoms with Crippen molar-refractivity contribution in [1.29, 1.82) is 0 Å². The summed E-state index contributed by atoms with van der Waals surface area (Å²) >= 11 is 0. The molecule has 1 aliphatic carbocycles. The smallest absolute Gasteiger partial charge is 0.266 e. The Morgan fingerprint density at radius 1 is 1.30 bits per heavy atom. The van der Waals surface area contributed by atoms with E-state index in [1.807, 2.05) is 0 Å². The van der Waals surface area contributed by atoms with Gasteiger partial charge in [-0.05, 0) is 19.3 Å². The van der Waals surface area contributed by atoms with Crippen LogP contribution in [0.25, 0.3) is 0 Å². The van der Waals surface area contributed by atoms with Crippen molar-refractivity contribution in [2.75, 3.05) is 13.1 Å². The average Bonchev–Trinajstić information content (AvgIpc) is 3.13. The number of amides is 2. The molecule has 2 heterocycles. The Morgan fingerprint density at radius 3 is 2.52 bits per heavy atom. The van der Waals surface area contributed by atoms with Crippen LogP contribution in [0.4, 0.5) is 8.78 Å². The molecule has 0 radical (unpaired) electrons. The van der Waals surface area contributed by atoms with Crippen LogP contribution in [0.1, 0.15) is 54.3 Å². The van der Waals surface area contributed by atoms with Crippen molar-refractivity contribution in [2.45, 2.75) is 43.9 Å². The minimum absolute atomic E-state index is 0.122. The van der Waals surface area contributed by atoms with E-state index >= 15 is 0 Å². The highest BCUT2D eigenvalue weighted by Gasteiger charge is 2.44. The molecule has 1 saturated heterocycles. The molecule has 3 rings (SSSR count). The predicted octanol–water partition coefficient (Wildman–Crippen LogP) is 1.65. The molecule has 0 aromatic carbocycles. The van der Waals surface area contributed by atoms with E-state index in [4.69, 9.17) is 5.73 Å². The van der Waals surface area contributed by atoms with Gasteiger partial charge in [-0.3, -0.25) is 9.59 Å². The van der Waals surface area contributed by atoms with Crippen molar-refractivity contribution in [3.63, 3.8) is 0 Å². The molecule has 1 unspecified atom stereocenters. The number of piperidine rings is 1. The maximum absolute atomic E-state index is 13.3. The van der Waals surface area contributed by atoms with E-state index in [1.54, 1.807) is 4.90 Å². The monoisotopic (exact) mass is 326 g/mol. The van der Waals surface area contributed by atoms with E-state index in [-0.39, 0.29) is 36.8 Å². The van der Waals surface area contributed by atoms with Gasteiger partial charge in [0, 0.05) is 37.8 Å². The first-order valence-electron chi connectivity index (χ1n) is 7.87. The first kappa shape index (κ1) is 15.9. The molecule has 126 valence electrons. The van der Waals surface area contributed by atoms with Gasteiger partial charge in [-0.2, -0.15) is 0 Å². The summed E-state index contributed by atoms with van der Waals surface area (Å²) in [6.07, 6.45) is 2.55. The van der Waals surface area contributed by atoms with Crippen molar-refractivity contribution in [3.05, 3.63) is 17.7 Å². The number of aromatic nitrogens is 2. The van der Waals surface area contributed by atoms with E-state index in [9.17, 15) is 18.4 Å². The van der Waals surface area contributed by atoms with Gasteiger partial charge >= 0.3 is 0 Å². The molecule has 1 saturated carbocycles. The van der Waals surface area contributed by atoms with E-state index in [1.165, 1.54) is 6.20 Å². The summed E-state index contributed by atoms with van der Waals surface area (Å²) in [6.45, 7) is 1.05. The molecule has 2 aliphatic rings. The molecule has 1 aliphatic heterocycles. The van der Waals surface area contributed by atoms with Gasteiger partial charge in [-0.25, -0.2) is 13.8 Å². The zero-order valence-electron chi connectivity index (χ0n) is 12.7. The number of alkyl halides is 2. The predicted molar refractivity (Wildman–Crippen MR) is 77.9 cm³/mol. The summed E-state index contributed by atoms with van der Waals surface area (Å²) in [5, 5.41) is 0. The van der Waals surface area contributed by atoms with E-state index in [0.717, 1.165) is 0 Å². The van der Waals surface area contributed by atoms with Crippen LogP contribution in [0.5, 0.6) is 0 Å². The molecule has 2 fully saturated rings. The molecule has 6 nitrogen and oxygen atoms in total. The van der Waals surface area contributed by atoms with Crippen molar-refractivity contribution in [1.82, 2.24) is 14.9 Å². The number of carbonyl (C=O) groups excluding carboxylic acids is 2. The standard InChI is InChI=1S/C15H20F2N4O2/c16-15(17)4-1-10(7-15)14(23)21-5-2-9(3-6-21)13-19-8-11(20-13)12(18)22/h8-10H,1-7H2,(H2,18,22)(H,19,20). The highest BCUT2D eigenvalue weighted by atomic mass is 19.3. The fourth-order valence-corrected chi connectivity index (χ4v) is 3.46. The summed E-state index contributed by atoms with van der Waals surface area (Å²) in [7, 11) is 0. The van der Waals surface area contributed by atoms with Gasteiger partial charge < -0.3 is 15.6 Å². The Morgan fingerprint density at radius 2 is 2.00 bits per heavy atom. The van der Waals surface area contributed by atoms with Crippen LogP contribution in [0.15, 0.2) is 6.20 Å². The van der Waals surface area contributed by atoms with Gasteiger partial charge in [0.25, 0.3) is 5.91 Å². The molecule has 1 atom stereocenters. The summed E-state index contributed by atoms with van der Waals surface area (Å²) in [5.74, 6) is -3.14. The fourth-order valence-electron chi connectivity index (χ4n) is 3.46. The Balaban J connectivity index is 1.55. The Bertz CT molecular complexity index is 608. The number of nitrogens with two attached hydrogens (primary N) is 1. The molecule has 0 spiro atoms. The van der Waals surface area contributed by atoms with E-state index < -0.39 is 17.7 Å². The van der Waals surface area contributed by atoms with Crippen molar-refractivity contribution >= 4 is 11.8 Å². The second-order valence-corrected chi connectivity index (χ2v) is 6.44. The number of halogens is 2. The van der Waals surface area contributed by atoms with Gasteiger partial charge in [0.05, 0.1) is 6.20 Å². The SMILES string of the molecule is NC(=O)c1cnc(C2CCN(C(=O)C3CCC(F)(F)C3)CC2)[nH]1. The molecular weight excluding hydrogens is 306 g/mol. The number of hydrogen-bond donors (Lipinski definition) is 2.